The first-order chi connectivity index (χ1) is 9.09. The van der Waals surface area contributed by atoms with Crippen LogP contribution in [-0.2, 0) is 10.2 Å². The zero-order valence-corrected chi connectivity index (χ0v) is 12.2. The van der Waals surface area contributed by atoms with Gasteiger partial charge in [-0.2, -0.15) is 12.7 Å². The molecule has 0 spiro atoms. The van der Waals surface area contributed by atoms with Crippen LogP contribution >= 0.6 is 11.8 Å². The summed E-state index contributed by atoms with van der Waals surface area (Å²) in [6.45, 7) is 1.77. The van der Waals surface area contributed by atoms with Crippen LogP contribution in [0.3, 0.4) is 0 Å². The van der Waals surface area contributed by atoms with Crippen LogP contribution in [-0.4, -0.2) is 38.1 Å². The van der Waals surface area contributed by atoms with E-state index in [2.05, 4.69) is 0 Å². The predicted octanol–water partition coefficient (Wildman–Crippen LogP) is 1.52. The zero-order valence-electron chi connectivity index (χ0n) is 10.6. The second kappa shape index (κ2) is 4.88. The van der Waals surface area contributed by atoms with Gasteiger partial charge in [0.25, 0.3) is 0 Å². The molecular formula is C12H17N3O2S2. The smallest absolute Gasteiger partial charge is 0.304 e. The lowest BCUT2D eigenvalue weighted by molar-refractivity contribution is 0.473. The Morgan fingerprint density at radius 1 is 1.16 bits per heavy atom. The van der Waals surface area contributed by atoms with Crippen LogP contribution in [0.4, 0.5) is 11.4 Å². The average molecular weight is 299 g/mol. The summed E-state index contributed by atoms with van der Waals surface area (Å²) in [4.78, 5) is 0.989. The van der Waals surface area contributed by atoms with Crippen LogP contribution in [0.1, 0.15) is 12.8 Å². The molecule has 0 bridgehead atoms. The maximum atomic E-state index is 12.7. The van der Waals surface area contributed by atoms with Gasteiger partial charge in [-0.1, -0.05) is 0 Å². The topological polar surface area (TPSA) is 66.6 Å². The van der Waals surface area contributed by atoms with E-state index in [1.165, 1.54) is 4.31 Å². The maximum absolute atomic E-state index is 12.7. The molecule has 7 heteroatoms. The van der Waals surface area contributed by atoms with Crippen molar-refractivity contribution >= 4 is 33.3 Å². The number of thioether (sulfide) groups is 1. The summed E-state index contributed by atoms with van der Waals surface area (Å²) in [7, 11) is -3.39. The van der Waals surface area contributed by atoms with E-state index in [1.807, 2.05) is 12.1 Å². The first kappa shape index (κ1) is 13.1. The number of hydrogen-bond acceptors (Lipinski definition) is 4. The Bertz CT molecular complexity index is 583. The molecule has 19 heavy (non-hydrogen) atoms. The lowest BCUT2D eigenvalue weighted by atomic mass is 10.3. The number of nitrogen functional groups attached to an aromatic ring is 1. The fourth-order valence-corrected chi connectivity index (χ4v) is 5.38. The molecule has 104 valence electrons. The van der Waals surface area contributed by atoms with Crippen LogP contribution < -0.4 is 10.0 Å². The van der Waals surface area contributed by atoms with Crippen molar-refractivity contribution in [1.29, 1.82) is 0 Å². The molecule has 1 aromatic carbocycles. The summed E-state index contributed by atoms with van der Waals surface area (Å²) in [6, 6.07) is 5.48. The van der Waals surface area contributed by atoms with Gasteiger partial charge in [-0.15, -0.1) is 11.8 Å². The van der Waals surface area contributed by atoms with Crippen molar-refractivity contribution in [1.82, 2.24) is 4.31 Å². The Balaban J connectivity index is 2.01. The molecule has 1 saturated heterocycles. The minimum absolute atomic E-state index is 0.514. The number of hydrogen-bond donors (Lipinski definition) is 1. The molecule has 2 aliphatic rings. The van der Waals surface area contributed by atoms with Gasteiger partial charge in [-0.05, 0) is 31.0 Å². The molecule has 1 aromatic rings. The highest BCUT2D eigenvalue weighted by atomic mass is 32.2. The summed E-state index contributed by atoms with van der Waals surface area (Å²) in [5.41, 5.74) is 7.12. The predicted molar refractivity (Wildman–Crippen MR) is 78.7 cm³/mol. The van der Waals surface area contributed by atoms with Crippen LogP contribution in [0, 0.1) is 0 Å². The maximum Gasteiger partial charge on any atom is 0.304 e. The standard InChI is InChI=1S/C12H17N3O2S2/c13-10-3-4-12-11(9-10)15(7-8-18-12)19(16,17)14-5-1-2-6-14/h3-4,9H,1-2,5-8,13H2. The van der Waals surface area contributed by atoms with Crippen molar-refractivity contribution in [3.8, 4) is 0 Å². The van der Waals surface area contributed by atoms with Gasteiger partial charge >= 0.3 is 10.2 Å². The van der Waals surface area contributed by atoms with Crippen LogP contribution in [0.15, 0.2) is 23.1 Å². The normalized spacial score (nSPS) is 20.5. The van der Waals surface area contributed by atoms with E-state index in [1.54, 1.807) is 22.1 Å². The fraction of sp³-hybridized carbons (Fsp3) is 0.500. The zero-order chi connectivity index (χ0) is 13.5. The molecule has 3 rings (SSSR count). The van der Waals surface area contributed by atoms with Crippen LogP contribution in [0.5, 0.6) is 0 Å². The highest BCUT2D eigenvalue weighted by molar-refractivity contribution is 7.99. The molecule has 0 amide bonds. The largest absolute Gasteiger partial charge is 0.399 e. The first-order valence-electron chi connectivity index (χ1n) is 6.39. The Hall–Kier alpha value is -0.920. The van der Waals surface area contributed by atoms with E-state index in [4.69, 9.17) is 5.73 Å². The lowest BCUT2D eigenvalue weighted by Crippen LogP contribution is -2.45. The highest BCUT2D eigenvalue weighted by Gasteiger charge is 2.34. The second-order valence-corrected chi connectivity index (χ2v) is 7.75. The molecular weight excluding hydrogens is 282 g/mol. The number of fused-ring (bicyclic) bond motifs is 1. The number of benzene rings is 1. The number of rotatable bonds is 2. The minimum atomic E-state index is -3.39. The Morgan fingerprint density at radius 3 is 2.63 bits per heavy atom. The van der Waals surface area contributed by atoms with Crippen molar-refractivity contribution < 1.29 is 8.42 Å². The molecule has 1 fully saturated rings. The minimum Gasteiger partial charge on any atom is -0.399 e. The van der Waals surface area contributed by atoms with E-state index in [-0.39, 0.29) is 0 Å². The van der Waals surface area contributed by atoms with E-state index in [0.29, 0.717) is 25.3 Å². The Morgan fingerprint density at radius 2 is 1.89 bits per heavy atom. The van der Waals surface area contributed by atoms with Crippen molar-refractivity contribution in [2.75, 3.05) is 35.4 Å². The van der Waals surface area contributed by atoms with Gasteiger partial charge in [-0.25, -0.2) is 0 Å². The number of nitrogens with two attached hydrogens (primary N) is 1. The molecule has 5 nitrogen and oxygen atoms in total. The summed E-state index contributed by atoms with van der Waals surface area (Å²) in [5.74, 6) is 0.782. The monoisotopic (exact) mass is 299 g/mol. The quantitative estimate of drug-likeness (QED) is 0.841. The van der Waals surface area contributed by atoms with Crippen molar-refractivity contribution in [2.45, 2.75) is 17.7 Å². The molecule has 2 heterocycles. The van der Waals surface area contributed by atoms with Gasteiger partial charge in [0.05, 0.1) is 5.69 Å². The molecule has 0 saturated carbocycles. The molecule has 0 aromatic heterocycles. The van der Waals surface area contributed by atoms with Crippen molar-refractivity contribution in [2.24, 2.45) is 0 Å². The van der Waals surface area contributed by atoms with Gasteiger partial charge in [0.2, 0.25) is 0 Å². The molecule has 0 atom stereocenters. The summed E-state index contributed by atoms with van der Waals surface area (Å²) >= 11 is 1.68. The molecule has 0 unspecified atom stereocenters. The lowest BCUT2D eigenvalue weighted by Gasteiger charge is -2.33. The van der Waals surface area contributed by atoms with E-state index in [0.717, 1.165) is 29.2 Å². The summed E-state index contributed by atoms with van der Waals surface area (Å²) in [6.07, 6.45) is 1.90. The summed E-state index contributed by atoms with van der Waals surface area (Å²) in [5, 5.41) is 0. The third-order valence-electron chi connectivity index (χ3n) is 3.47. The number of nitrogens with zero attached hydrogens (tertiary/aromatic N) is 2. The third-order valence-corrected chi connectivity index (χ3v) is 6.47. The van der Waals surface area contributed by atoms with Crippen molar-refractivity contribution in [3.63, 3.8) is 0 Å². The van der Waals surface area contributed by atoms with Crippen LogP contribution in [0.2, 0.25) is 0 Å². The van der Waals surface area contributed by atoms with Gasteiger partial charge in [-0.3, -0.25) is 4.31 Å². The van der Waals surface area contributed by atoms with E-state index >= 15 is 0 Å². The van der Waals surface area contributed by atoms with Gasteiger partial charge in [0.15, 0.2) is 0 Å². The fourth-order valence-electron chi connectivity index (χ4n) is 2.51. The third kappa shape index (κ3) is 2.30. The van der Waals surface area contributed by atoms with Gasteiger partial charge < -0.3 is 5.73 Å². The number of anilines is 2. The van der Waals surface area contributed by atoms with E-state index in [9.17, 15) is 8.42 Å². The Labute approximate surface area is 117 Å². The SMILES string of the molecule is Nc1ccc2c(c1)N(S(=O)(=O)N1CCCC1)CCS2. The van der Waals surface area contributed by atoms with E-state index < -0.39 is 10.2 Å². The molecule has 0 aliphatic carbocycles. The molecule has 2 aliphatic heterocycles. The second-order valence-electron chi connectivity index (χ2n) is 4.76. The molecule has 0 radical (unpaired) electrons. The van der Waals surface area contributed by atoms with Crippen LogP contribution in [0.25, 0.3) is 0 Å². The first-order valence-corrected chi connectivity index (χ1v) is 8.77. The average Bonchev–Trinajstić information content (AvgIpc) is 2.92. The Kier molecular flexibility index (Phi) is 3.36. The summed E-state index contributed by atoms with van der Waals surface area (Å²) < 4.78 is 28.4. The van der Waals surface area contributed by atoms with Crippen molar-refractivity contribution in [3.05, 3.63) is 18.2 Å². The van der Waals surface area contributed by atoms with Gasteiger partial charge in [0.1, 0.15) is 0 Å². The molecule has 2 N–H and O–H groups in total. The van der Waals surface area contributed by atoms with Gasteiger partial charge in [0, 0.05) is 36.0 Å². The highest BCUT2D eigenvalue weighted by Crippen LogP contribution is 2.38.